The highest BCUT2D eigenvalue weighted by Gasteiger charge is 2.07. The number of nitriles is 2. The molecule has 0 amide bonds. The molecule has 0 saturated heterocycles. The fourth-order valence-corrected chi connectivity index (χ4v) is 2.28. The Morgan fingerprint density at radius 1 is 0.957 bits per heavy atom. The van der Waals surface area contributed by atoms with Gasteiger partial charge in [0.05, 0.1) is 11.1 Å². The molecule has 0 saturated carbocycles. The van der Waals surface area contributed by atoms with Crippen molar-refractivity contribution in [3.63, 3.8) is 0 Å². The molecule has 110 valence electrons. The Kier molecular flexibility index (Phi) is 3.54. The van der Waals surface area contributed by atoms with Gasteiger partial charge in [0.15, 0.2) is 0 Å². The Morgan fingerprint density at radius 2 is 1.65 bits per heavy atom. The molecule has 2 aromatic carbocycles. The molecule has 3 aromatic rings. The number of benzene rings is 2. The average Bonchev–Trinajstić information content (AvgIpc) is 2.54. The highest BCUT2D eigenvalue weighted by molar-refractivity contribution is 5.81. The molecule has 0 aliphatic rings. The van der Waals surface area contributed by atoms with Gasteiger partial charge in [-0.1, -0.05) is 0 Å². The summed E-state index contributed by atoms with van der Waals surface area (Å²) >= 11 is 0. The molecule has 5 nitrogen and oxygen atoms in total. The first-order valence-corrected chi connectivity index (χ1v) is 6.77. The maximum atomic E-state index is 11.5. The van der Waals surface area contributed by atoms with Crippen LogP contribution in [0.4, 0.5) is 0 Å². The zero-order chi connectivity index (χ0) is 16.4. The van der Waals surface area contributed by atoms with Gasteiger partial charge in [0.1, 0.15) is 29.2 Å². The summed E-state index contributed by atoms with van der Waals surface area (Å²) in [6.07, 6.45) is 0. The summed E-state index contributed by atoms with van der Waals surface area (Å²) < 4.78 is 10.9. The Balaban J connectivity index is 2.01. The molecule has 23 heavy (non-hydrogen) atoms. The lowest BCUT2D eigenvalue weighted by molar-refractivity contribution is 0.480. The van der Waals surface area contributed by atoms with Gasteiger partial charge in [0.25, 0.3) is 0 Å². The summed E-state index contributed by atoms with van der Waals surface area (Å²) in [6, 6.07) is 15.1. The minimum atomic E-state index is -0.419. The molecule has 1 heterocycles. The number of rotatable bonds is 2. The molecule has 0 radical (unpaired) electrons. The minimum absolute atomic E-state index is 0.244. The lowest BCUT2D eigenvalue weighted by Crippen LogP contribution is -1.97. The molecule has 0 aliphatic heterocycles. The van der Waals surface area contributed by atoms with Gasteiger partial charge in [-0.2, -0.15) is 10.5 Å². The van der Waals surface area contributed by atoms with Crippen LogP contribution >= 0.6 is 0 Å². The van der Waals surface area contributed by atoms with Crippen molar-refractivity contribution in [2.75, 3.05) is 0 Å². The SMILES string of the molecule is Cc1cc(=O)oc2cc(Oc3ccc(C#N)c(C#N)c3)ccc12. The van der Waals surface area contributed by atoms with E-state index < -0.39 is 5.63 Å². The topological polar surface area (TPSA) is 87.0 Å². The van der Waals surface area contributed by atoms with Gasteiger partial charge < -0.3 is 9.15 Å². The van der Waals surface area contributed by atoms with Crippen molar-refractivity contribution < 1.29 is 9.15 Å². The van der Waals surface area contributed by atoms with E-state index >= 15 is 0 Å². The van der Waals surface area contributed by atoms with Crippen LogP contribution in [0.3, 0.4) is 0 Å². The lowest BCUT2D eigenvalue weighted by atomic mass is 10.1. The fourth-order valence-electron chi connectivity index (χ4n) is 2.28. The molecule has 0 N–H and O–H groups in total. The predicted octanol–water partition coefficient (Wildman–Crippen LogP) is 3.64. The normalized spacial score (nSPS) is 10.0. The zero-order valence-electron chi connectivity index (χ0n) is 12.2. The van der Waals surface area contributed by atoms with Crippen molar-refractivity contribution in [3.8, 4) is 23.6 Å². The standard InChI is InChI=1S/C18H10N2O3/c1-11-6-18(21)23-17-8-15(4-5-16(11)17)22-14-3-2-12(9-19)13(7-14)10-20/h2-8H,1H3. The second kappa shape index (κ2) is 5.67. The number of fused-ring (bicyclic) bond motifs is 1. The average molecular weight is 302 g/mol. The van der Waals surface area contributed by atoms with Crippen LogP contribution in [0.15, 0.2) is 51.7 Å². The van der Waals surface area contributed by atoms with Crippen LogP contribution in [0.1, 0.15) is 16.7 Å². The largest absolute Gasteiger partial charge is 0.457 e. The molecular formula is C18H10N2O3. The van der Waals surface area contributed by atoms with Gasteiger partial charge in [-0.3, -0.25) is 0 Å². The Morgan fingerprint density at radius 3 is 2.39 bits per heavy atom. The zero-order valence-corrected chi connectivity index (χ0v) is 12.2. The predicted molar refractivity (Wildman–Crippen MR) is 83.2 cm³/mol. The second-order valence-electron chi connectivity index (χ2n) is 4.94. The van der Waals surface area contributed by atoms with Gasteiger partial charge in [-0.15, -0.1) is 0 Å². The van der Waals surface area contributed by atoms with E-state index in [4.69, 9.17) is 19.7 Å². The number of aryl methyl sites for hydroxylation is 1. The first-order chi connectivity index (χ1) is 11.1. The van der Waals surface area contributed by atoms with E-state index in [0.29, 0.717) is 22.6 Å². The van der Waals surface area contributed by atoms with Gasteiger partial charge in [0.2, 0.25) is 0 Å². The van der Waals surface area contributed by atoms with E-state index in [0.717, 1.165) is 10.9 Å². The Bertz CT molecular complexity index is 1050. The summed E-state index contributed by atoms with van der Waals surface area (Å²) in [6.45, 7) is 1.83. The van der Waals surface area contributed by atoms with Crippen LogP contribution in [0, 0.1) is 29.6 Å². The van der Waals surface area contributed by atoms with Gasteiger partial charge in [-0.25, -0.2) is 4.79 Å². The molecule has 3 rings (SSSR count). The molecular weight excluding hydrogens is 292 g/mol. The van der Waals surface area contributed by atoms with Crippen molar-refractivity contribution in [2.24, 2.45) is 0 Å². The van der Waals surface area contributed by atoms with E-state index in [2.05, 4.69) is 0 Å². The highest BCUT2D eigenvalue weighted by Crippen LogP contribution is 2.27. The Hall–Kier alpha value is -3.57. The Labute approximate surface area is 131 Å². The second-order valence-corrected chi connectivity index (χ2v) is 4.94. The van der Waals surface area contributed by atoms with Crippen molar-refractivity contribution >= 4 is 11.0 Å². The quantitative estimate of drug-likeness (QED) is 0.674. The van der Waals surface area contributed by atoms with Crippen molar-refractivity contribution in [1.29, 1.82) is 10.5 Å². The smallest absolute Gasteiger partial charge is 0.336 e. The third-order valence-corrected chi connectivity index (χ3v) is 3.39. The summed E-state index contributed by atoms with van der Waals surface area (Å²) in [5.41, 5.74) is 1.38. The van der Waals surface area contributed by atoms with E-state index in [9.17, 15) is 4.79 Å². The number of nitrogens with zero attached hydrogens (tertiary/aromatic N) is 2. The number of hydrogen-bond donors (Lipinski definition) is 0. The van der Waals surface area contributed by atoms with E-state index in [-0.39, 0.29) is 5.56 Å². The van der Waals surface area contributed by atoms with Crippen LogP contribution in [0.2, 0.25) is 0 Å². The van der Waals surface area contributed by atoms with Crippen molar-refractivity contribution in [2.45, 2.75) is 6.92 Å². The molecule has 5 heteroatoms. The van der Waals surface area contributed by atoms with Crippen LogP contribution < -0.4 is 10.4 Å². The molecule has 0 spiro atoms. The van der Waals surface area contributed by atoms with Crippen LogP contribution in [0.5, 0.6) is 11.5 Å². The molecule has 0 unspecified atom stereocenters. The molecule has 1 aromatic heterocycles. The first-order valence-electron chi connectivity index (χ1n) is 6.77. The third kappa shape index (κ3) is 2.76. The maximum absolute atomic E-state index is 11.5. The summed E-state index contributed by atoms with van der Waals surface area (Å²) in [4.78, 5) is 11.5. The van der Waals surface area contributed by atoms with Gasteiger partial charge in [-0.05, 0) is 42.8 Å². The van der Waals surface area contributed by atoms with Crippen molar-refractivity contribution in [3.05, 3.63) is 69.6 Å². The number of hydrogen-bond acceptors (Lipinski definition) is 5. The van der Waals surface area contributed by atoms with Crippen LogP contribution in [-0.2, 0) is 0 Å². The maximum Gasteiger partial charge on any atom is 0.336 e. The fraction of sp³-hybridized carbons (Fsp3) is 0.0556. The van der Waals surface area contributed by atoms with E-state index in [1.54, 1.807) is 24.3 Å². The first kappa shape index (κ1) is 14.4. The number of ether oxygens (including phenoxy) is 1. The van der Waals surface area contributed by atoms with Gasteiger partial charge >= 0.3 is 5.63 Å². The molecule has 0 bridgehead atoms. The van der Waals surface area contributed by atoms with Crippen LogP contribution in [0.25, 0.3) is 11.0 Å². The van der Waals surface area contributed by atoms with Crippen molar-refractivity contribution in [1.82, 2.24) is 0 Å². The monoisotopic (exact) mass is 302 g/mol. The van der Waals surface area contributed by atoms with E-state index in [1.165, 1.54) is 18.2 Å². The lowest BCUT2D eigenvalue weighted by Gasteiger charge is -2.08. The molecule has 0 atom stereocenters. The minimum Gasteiger partial charge on any atom is -0.457 e. The van der Waals surface area contributed by atoms with Crippen LogP contribution in [-0.4, -0.2) is 0 Å². The highest BCUT2D eigenvalue weighted by atomic mass is 16.5. The molecule has 0 aliphatic carbocycles. The summed E-state index contributed by atoms with van der Waals surface area (Å²) in [7, 11) is 0. The van der Waals surface area contributed by atoms with E-state index in [1.807, 2.05) is 19.1 Å². The third-order valence-electron chi connectivity index (χ3n) is 3.39. The summed E-state index contributed by atoms with van der Waals surface area (Å²) in [5.74, 6) is 0.898. The van der Waals surface area contributed by atoms with Gasteiger partial charge in [0, 0.05) is 17.5 Å². The summed E-state index contributed by atoms with van der Waals surface area (Å²) in [5, 5.41) is 18.8. The molecule has 0 fully saturated rings.